The van der Waals surface area contributed by atoms with Crippen molar-refractivity contribution in [2.24, 2.45) is 0 Å². The van der Waals surface area contributed by atoms with Gasteiger partial charge in [-0.3, -0.25) is 4.79 Å². The molecule has 0 aromatic heterocycles. The van der Waals surface area contributed by atoms with Gasteiger partial charge in [-0.25, -0.2) is 9.59 Å². The van der Waals surface area contributed by atoms with Gasteiger partial charge in [0.1, 0.15) is 5.54 Å². The lowest BCUT2D eigenvalue weighted by atomic mass is 9.82. The minimum atomic E-state index is -1.26. The van der Waals surface area contributed by atoms with Crippen LogP contribution in [0, 0.1) is 0 Å². The third-order valence-electron chi connectivity index (χ3n) is 7.50. The number of rotatable bonds is 4. The zero-order valence-electron chi connectivity index (χ0n) is 20.0. The first kappa shape index (κ1) is 25.9. The van der Waals surface area contributed by atoms with Crippen molar-refractivity contribution >= 4 is 23.4 Å². The number of carbonyl (C=O) groups excluding carboxylic acids is 1. The van der Waals surface area contributed by atoms with Gasteiger partial charge in [0.2, 0.25) is 0 Å². The molecule has 2 heterocycles. The summed E-state index contributed by atoms with van der Waals surface area (Å²) in [6, 6.07) is 11.4. The Morgan fingerprint density at radius 3 is 1.88 bits per heavy atom. The van der Waals surface area contributed by atoms with Crippen molar-refractivity contribution in [2.45, 2.75) is 82.2 Å². The third-order valence-corrected chi connectivity index (χ3v) is 7.50. The van der Waals surface area contributed by atoms with Gasteiger partial charge in [-0.15, -0.1) is 0 Å². The van der Waals surface area contributed by atoms with Crippen LogP contribution in [0.4, 0.5) is 5.69 Å². The van der Waals surface area contributed by atoms with E-state index in [1.165, 1.54) is 57.1 Å². The van der Waals surface area contributed by atoms with E-state index in [0.717, 1.165) is 44.9 Å². The van der Waals surface area contributed by atoms with Gasteiger partial charge in [0.15, 0.2) is 5.78 Å². The van der Waals surface area contributed by atoms with Gasteiger partial charge < -0.3 is 20.0 Å². The number of carboxylic acid groups (broad SMARTS) is 2. The lowest BCUT2D eigenvalue weighted by Crippen LogP contribution is -2.57. The molecule has 1 spiro atoms. The SMILES string of the molecule is O=C(O)C=CC(=O)O.O=C1CCN(c2ccccc2)C12CCN(C1CCCCCCCC1)CC2. The van der Waals surface area contributed by atoms with E-state index in [4.69, 9.17) is 10.2 Å². The number of piperidine rings is 1. The Balaban J connectivity index is 0.000000350. The first-order chi connectivity index (χ1) is 16.4. The largest absolute Gasteiger partial charge is 0.478 e. The van der Waals surface area contributed by atoms with Gasteiger partial charge in [0.25, 0.3) is 0 Å². The second-order valence-electron chi connectivity index (χ2n) is 9.59. The standard InChI is InChI=1S/C23H34N2O.C4H4O4/c26-22-14-17-25(21-12-8-5-9-13-21)23(22)15-18-24(19-16-23)20-10-6-3-1-2-4-7-11-20;5-3(6)1-2-4(7)8/h5,8-9,12-13,20H,1-4,6-7,10-11,14-19H2;1-2H,(H,5,6)(H,7,8). The molecular weight excluding hydrogens is 432 g/mol. The van der Waals surface area contributed by atoms with Crippen molar-refractivity contribution in [1.29, 1.82) is 0 Å². The fourth-order valence-electron chi connectivity index (χ4n) is 5.72. The Kier molecular flexibility index (Phi) is 9.69. The molecule has 1 aromatic rings. The number of nitrogens with zero attached hydrogens (tertiary/aromatic N) is 2. The number of hydrogen-bond acceptors (Lipinski definition) is 5. The molecule has 34 heavy (non-hydrogen) atoms. The van der Waals surface area contributed by atoms with Gasteiger partial charge in [-0.1, -0.05) is 56.7 Å². The number of hydrogen-bond donors (Lipinski definition) is 2. The minimum absolute atomic E-state index is 0.226. The van der Waals surface area contributed by atoms with Crippen molar-refractivity contribution in [3.63, 3.8) is 0 Å². The predicted molar refractivity (Wildman–Crippen MR) is 132 cm³/mol. The van der Waals surface area contributed by atoms with E-state index in [-0.39, 0.29) is 5.54 Å². The number of likely N-dealkylation sites (tertiary alicyclic amines) is 1. The van der Waals surface area contributed by atoms with Crippen LogP contribution in [0.15, 0.2) is 42.5 Å². The zero-order chi connectivity index (χ0) is 24.4. The van der Waals surface area contributed by atoms with Gasteiger partial charge in [0.05, 0.1) is 0 Å². The first-order valence-corrected chi connectivity index (χ1v) is 12.7. The third kappa shape index (κ3) is 6.92. The van der Waals surface area contributed by atoms with E-state index < -0.39 is 11.9 Å². The van der Waals surface area contributed by atoms with Crippen LogP contribution in [0.2, 0.25) is 0 Å². The van der Waals surface area contributed by atoms with Crippen molar-refractivity contribution in [3.05, 3.63) is 42.5 Å². The van der Waals surface area contributed by atoms with Crippen LogP contribution >= 0.6 is 0 Å². The molecule has 2 aliphatic heterocycles. The highest BCUT2D eigenvalue weighted by Crippen LogP contribution is 2.40. The van der Waals surface area contributed by atoms with E-state index in [1.807, 2.05) is 0 Å². The molecular formula is C27H38N2O5. The molecule has 7 nitrogen and oxygen atoms in total. The van der Waals surface area contributed by atoms with Crippen LogP contribution in [0.25, 0.3) is 0 Å². The highest BCUT2D eigenvalue weighted by atomic mass is 16.4. The first-order valence-electron chi connectivity index (χ1n) is 12.7. The number of carbonyl (C=O) groups is 3. The average Bonchev–Trinajstić information content (AvgIpc) is 3.21. The predicted octanol–water partition coefficient (Wildman–Crippen LogP) is 4.52. The minimum Gasteiger partial charge on any atom is -0.478 e. The molecule has 3 aliphatic rings. The number of anilines is 1. The maximum Gasteiger partial charge on any atom is 0.328 e. The molecule has 0 radical (unpaired) electrons. The molecule has 0 atom stereocenters. The van der Waals surface area contributed by atoms with Crippen molar-refractivity contribution in [2.75, 3.05) is 24.5 Å². The topological polar surface area (TPSA) is 98.1 Å². The number of carboxylic acids is 2. The van der Waals surface area contributed by atoms with E-state index in [1.54, 1.807) is 0 Å². The molecule has 1 aliphatic carbocycles. The van der Waals surface area contributed by atoms with Gasteiger partial charge in [0, 0.05) is 49.9 Å². The molecule has 186 valence electrons. The summed E-state index contributed by atoms with van der Waals surface area (Å²) in [4.78, 5) is 37.2. The maximum absolute atomic E-state index is 12.9. The lowest BCUT2D eigenvalue weighted by Gasteiger charge is -2.46. The molecule has 2 N–H and O–H groups in total. The Morgan fingerprint density at radius 2 is 1.35 bits per heavy atom. The summed E-state index contributed by atoms with van der Waals surface area (Å²) in [5.41, 5.74) is 1.00. The van der Waals surface area contributed by atoms with Crippen LogP contribution in [0.3, 0.4) is 0 Å². The molecule has 4 rings (SSSR count). The summed E-state index contributed by atoms with van der Waals surface area (Å²) < 4.78 is 0. The zero-order valence-corrected chi connectivity index (χ0v) is 20.0. The Labute approximate surface area is 202 Å². The normalized spacial score (nSPS) is 22.0. The highest BCUT2D eigenvalue weighted by Gasteiger charge is 2.50. The van der Waals surface area contributed by atoms with Crippen LogP contribution < -0.4 is 4.90 Å². The molecule has 1 saturated carbocycles. The molecule has 2 saturated heterocycles. The Hall–Kier alpha value is -2.67. The van der Waals surface area contributed by atoms with Crippen LogP contribution in [-0.4, -0.2) is 64.0 Å². The number of ketones is 1. The quantitative estimate of drug-likeness (QED) is 0.625. The average molecular weight is 471 g/mol. The lowest BCUT2D eigenvalue weighted by molar-refractivity contribution is -0.134. The highest BCUT2D eigenvalue weighted by molar-refractivity contribution is 5.95. The molecule has 0 unspecified atom stereocenters. The maximum atomic E-state index is 12.9. The smallest absolute Gasteiger partial charge is 0.328 e. The number of aliphatic carboxylic acids is 2. The van der Waals surface area contributed by atoms with Gasteiger partial charge in [-0.05, 0) is 37.8 Å². The monoisotopic (exact) mass is 470 g/mol. The van der Waals surface area contributed by atoms with Crippen LogP contribution in [0.1, 0.15) is 70.6 Å². The molecule has 7 heteroatoms. The van der Waals surface area contributed by atoms with Crippen molar-refractivity contribution < 1.29 is 24.6 Å². The summed E-state index contributed by atoms with van der Waals surface area (Å²) in [5, 5.41) is 15.6. The summed E-state index contributed by atoms with van der Waals surface area (Å²) in [6.07, 6.45) is 15.0. The number of benzene rings is 1. The van der Waals surface area contributed by atoms with E-state index in [9.17, 15) is 14.4 Å². The van der Waals surface area contributed by atoms with E-state index in [0.29, 0.717) is 17.9 Å². The van der Waals surface area contributed by atoms with Crippen molar-refractivity contribution in [1.82, 2.24) is 4.90 Å². The van der Waals surface area contributed by atoms with Crippen LogP contribution in [0.5, 0.6) is 0 Å². The van der Waals surface area contributed by atoms with Gasteiger partial charge >= 0.3 is 11.9 Å². The number of Topliss-reactive ketones (excluding diaryl/α,β-unsaturated/α-hetero) is 1. The second kappa shape index (κ2) is 12.7. The molecule has 0 bridgehead atoms. The molecule has 3 fully saturated rings. The van der Waals surface area contributed by atoms with Gasteiger partial charge in [-0.2, -0.15) is 0 Å². The molecule has 0 amide bonds. The number of para-hydroxylation sites is 1. The van der Waals surface area contributed by atoms with E-state index in [2.05, 4.69) is 40.1 Å². The summed E-state index contributed by atoms with van der Waals surface area (Å²) in [6.45, 7) is 3.09. The van der Waals surface area contributed by atoms with Crippen molar-refractivity contribution in [3.8, 4) is 0 Å². The summed E-state index contributed by atoms with van der Waals surface area (Å²) in [5.74, 6) is -2.03. The second-order valence-corrected chi connectivity index (χ2v) is 9.59. The van der Waals surface area contributed by atoms with E-state index >= 15 is 0 Å². The van der Waals surface area contributed by atoms with Crippen LogP contribution in [-0.2, 0) is 14.4 Å². The Bertz CT molecular complexity index is 820. The fourth-order valence-corrected chi connectivity index (χ4v) is 5.72. The summed E-state index contributed by atoms with van der Waals surface area (Å²) in [7, 11) is 0. The molecule has 1 aromatic carbocycles. The summed E-state index contributed by atoms with van der Waals surface area (Å²) >= 11 is 0. The Morgan fingerprint density at radius 1 is 0.824 bits per heavy atom. The fraction of sp³-hybridized carbons (Fsp3) is 0.593.